The highest BCUT2D eigenvalue weighted by atomic mass is 32.2. The van der Waals surface area contributed by atoms with Crippen molar-refractivity contribution in [1.29, 1.82) is 0 Å². The van der Waals surface area contributed by atoms with Crippen LogP contribution in [0.15, 0.2) is 120 Å². The van der Waals surface area contributed by atoms with Crippen LogP contribution >= 0.6 is 11.8 Å². The molecule has 1 heterocycles. The van der Waals surface area contributed by atoms with Crippen molar-refractivity contribution < 1.29 is 9.53 Å². The SMILES string of the molecule is CSc1ccccc1NC1CCN(C(=O)OC[C@H](Cc2ccccc2)N(Cc2ccccc2)Cc2ccccc2)CC1. The summed E-state index contributed by atoms with van der Waals surface area (Å²) in [6.45, 7) is 3.28. The lowest BCUT2D eigenvalue weighted by atomic mass is 10.0. The number of rotatable bonds is 12. The standard InChI is InChI=1S/C36H41N3O2S/c1-42-35-20-12-11-19-34(35)37-32-21-23-38(24-22-32)36(40)41-28-33(25-29-13-5-2-6-14-29)39(26-30-15-7-3-8-16-30)27-31-17-9-4-10-18-31/h2-20,32-33,37H,21-28H2,1H3/t33-/m0/s1. The van der Waals surface area contributed by atoms with Crippen molar-refractivity contribution in [2.24, 2.45) is 0 Å². The highest BCUT2D eigenvalue weighted by Gasteiger charge is 2.27. The molecule has 1 N–H and O–H groups in total. The third-order valence-corrected chi connectivity index (χ3v) is 8.70. The van der Waals surface area contributed by atoms with E-state index in [1.807, 2.05) is 11.0 Å². The summed E-state index contributed by atoms with van der Waals surface area (Å²) in [6, 6.07) is 40.4. The predicted octanol–water partition coefficient (Wildman–Crippen LogP) is 7.74. The smallest absolute Gasteiger partial charge is 0.409 e. The molecule has 0 unspecified atom stereocenters. The number of hydrogen-bond acceptors (Lipinski definition) is 5. The van der Waals surface area contributed by atoms with Gasteiger partial charge in [0.25, 0.3) is 0 Å². The molecule has 218 valence electrons. The summed E-state index contributed by atoms with van der Waals surface area (Å²) >= 11 is 1.75. The molecule has 6 heteroatoms. The van der Waals surface area contributed by atoms with Gasteiger partial charge in [-0.3, -0.25) is 4.90 Å². The second-order valence-corrected chi connectivity index (χ2v) is 11.8. The molecule has 5 rings (SSSR count). The number of carbonyl (C=O) groups is 1. The largest absolute Gasteiger partial charge is 0.448 e. The van der Waals surface area contributed by atoms with E-state index in [9.17, 15) is 4.79 Å². The highest BCUT2D eigenvalue weighted by Crippen LogP contribution is 2.27. The molecule has 1 fully saturated rings. The Balaban J connectivity index is 1.24. The number of carbonyl (C=O) groups excluding carboxylic acids is 1. The van der Waals surface area contributed by atoms with Crippen molar-refractivity contribution in [3.8, 4) is 0 Å². The van der Waals surface area contributed by atoms with Gasteiger partial charge in [0, 0.05) is 48.8 Å². The van der Waals surface area contributed by atoms with Crippen molar-refractivity contribution in [2.75, 3.05) is 31.3 Å². The van der Waals surface area contributed by atoms with Gasteiger partial charge in [-0.15, -0.1) is 11.8 Å². The molecule has 5 nitrogen and oxygen atoms in total. The summed E-state index contributed by atoms with van der Waals surface area (Å²) < 4.78 is 6.08. The highest BCUT2D eigenvalue weighted by molar-refractivity contribution is 7.98. The molecular weight excluding hydrogens is 538 g/mol. The monoisotopic (exact) mass is 579 g/mol. The molecule has 0 spiro atoms. The summed E-state index contributed by atoms with van der Waals surface area (Å²) in [7, 11) is 0. The summed E-state index contributed by atoms with van der Waals surface area (Å²) in [5, 5.41) is 3.69. The van der Waals surface area contributed by atoms with Crippen LogP contribution in [0.2, 0.25) is 0 Å². The van der Waals surface area contributed by atoms with Crippen LogP contribution < -0.4 is 5.32 Å². The average Bonchev–Trinajstić information content (AvgIpc) is 3.04. The topological polar surface area (TPSA) is 44.8 Å². The van der Waals surface area contributed by atoms with Crippen molar-refractivity contribution in [2.45, 2.75) is 49.3 Å². The van der Waals surface area contributed by atoms with Gasteiger partial charge in [-0.05, 0) is 54.3 Å². The van der Waals surface area contributed by atoms with Crippen molar-refractivity contribution in [3.63, 3.8) is 0 Å². The van der Waals surface area contributed by atoms with Gasteiger partial charge >= 0.3 is 6.09 Å². The third kappa shape index (κ3) is 8.63. The quantitative estimate of drug-likeness (QED) is 0.174. The van der Waals surface area contributed by atoms with Crippen LogP contribution in [0.1, 0.15) is 29.5 Å². The van der Waals surface area contributed by atoms with Gasteiger partial charge < -0.3 is 15.0 Å². The normalized spacial score (nSPS) is 14.5. The molecule has 4 aromatic rings. The van der Waals surface area contributed by atoms with Crippen LogP contribution in [-0.2, 0) is 24.2 Å². The van der Waals surface area contributed by atoms with Gasteiger partial charge in [-0.1, -0.05) is 103 Å². The van der Waals surface area contributed by atoms with Gasteiger partial charge in [-0.2, -0.15) is 0 Å². The van der Waals surface area contributed by atoms with Gasteiger partial charge in [0.05, 0.1) is 0 Å². The van der Waals surface area contributed by atoms with Gasteiger partial charge in [0.1, 0.15) is 6.61 Å². The summed E-state index contributed by atoms with van der Waals surface area (Å²) in [4.78, 5) is 18.9. The Morgan fingerprint density at radius 1 is 0.810 bits per heavy atom. The fraction of sp³-hybridized carbons (Fsp3) is 0.306. The zero-order valence-corrected chi connectivity index (χ0v) is 25.2. The lowest BCUT2D eigenvalue weighted by Crippen LogP contribution is -2.45. The molecule has 0 aromatic heterocycles. The number of likely N-dealkylation sites (tertiary alicyclic amines) is 1. The maximum absolute atomic E-state index is 13.3. The summed E-state index contributed by atoms with van der Waals surface area (Å²) in [5.41, 5.74) is 4.90. The Morgan fingerprint density at radius 2 is 1.33 bits per heavy atom. The van der Waals surface area contributed by atoms with E-state index in [0.29, 0.717) is 25.7 Å². The van der Waals surface area contributed by atoms with E-state index in [1.165, 1.54) is 27.3 Å². The van der Waals surface area contributed by atoms with Crippen LogP contribution in [0, 0.1) is 0 Å². The Labute approximate surface area is 254 Å². The van der Waals surface area contributed by atoms with Crippen LogP contribution in [0.4, 0.5) is 10.5 Å². The number of para-hydroxylation sites is 1. The molecule has 0 radical (unpaired) electrons. The number of nitrogens with one attached hydrogen (secondary N) is 1. The van der Waals surface area contributed by atoms with Gasteiger partial charge in [0.15, 0.2) is 0 Å². The first-order chi connectivity index (χ1) is 20.7. The number of benzene rings is 4. The molecule has 0 saturated carbocycles. The van der Waals surface area contributed by atoms with E-state index in [-0.39, 0.29) is 12.1 Å². The minimum Gasteiger partial charge on any atom is -0.448 e. The zero-order valence-electron chi connectivity index (χ0n) is 24.4. The van der Waals surface area contributed by atoms with Crippen LogP contribution in [-0.4, -0.2) is 53.9 Å². The summed E-state index contributed by atoms with van der Waals surface area (Å²) in [5.74, 6) is 0. The fourth-order valence-corrected chi connectivity index (χ4v) is 6.14. The molecule has 1 saturated heterocycles. The minimum atomic E-state index is -0.213. The first-order valence-corrected chi connectivity index (χ1v) is 16.1. The lowest BCUT2D eigenvalue weighted by molar-refractivity contribution is 0.0543. The molecule has 1 amide bonds. The molecule has 0 bridgehead atoms. The molecule has 1 aliphatic heterocycles. The van der Waals surface area contributed by atoms with Crippen molar-refractivity contribution in [3.05, 3.63) is 132 Å². The predicted molar refractivity (Wildman–Crippen MR) is 174 cm³/mol. The lowest BCUT2D eigenvalue weighted by Gasteiger charge is -2.35. The number of ether oxygens (including phenoxy) is 1. The van der Waals surface area contributed by atoms with E-state index in [1.54, 1.807) is 11.8 Å². The number of nitrogens with zero attached hydrogens (tertiary/aromatic N) is 2. The number of hydrogen-bond donors (Lipinski definition) is 1. The van der Waals surface area contributed by atoms with Crippen LogP contribution in [0.5, 0.6) is 0 Å². The molecular formula is C36H41N3O2S. The fourth-order valence-electron chi connectivity index (χ4n) is 5.58. The second kappa shape index (κ2) is 15.5. The Hall–Kier alpha value is -3.74. The van der Waals surface area contributed by atoms with Gasteiger partial charge in [-0.25, -0.2) is 4.79 Å². The van der Waals surface area contributed by atoms with Crippen LogP contribution in [0.25, 0.3) is 0 Å². The first kappa shape index (κ1) is 29.7. The Morgan fingerprint density at radius 3 is 1.90 bits per heavy atom. The van der Waals surface area contributed by atoms with Crippen molar-refractivity contribution >= 4 is 23.5 Å². The molecule has 0 aliphatic carbocycles. The number of anilines is 1. The maximum Gasteiger partial charge on any atom is 0.409 e. The van der Waals surface area contributed by atoms with E-state index in [4.69, 9.17) is 4.74 Å². The average molecular weight is 580 g/mol. The number of thioether (sulfide) groups is 1. The number of amides is 1. The van der Waals surface area contributed by atoms with E-state index in [0.717, 1.165) is 32.4 Å². The zero-order chi connectivity index (χ0) is 29.0. The van der Waals surface area contributed by atoms with Crippen LogP contribution in [0.3, 0.4) is 0 Å². The number of piperidine rings is 1. The molecule has 42 heavy (non-hydrogen) atoms. The molecule has 1 atom stereocenters. The Kier molecular flexibility index (Phi) is 11.0. The third-order valence-electron chi connectivity index (χ3n) is 7.91. The maximum atomic E-state index is 13.3. The van der Waals surface area contributed by atoms with E-state index >= 15 is 0 Å². The van der Waals surface area contributed by atoms with Crippen molar-refractivity contribution in [1.82, 2.24) is 9.80 Å². The second-order valence-electron chi connectivity index (χ2n) is 10.9. The van der Waals surface area contributed by atoms with E-state index < -0.39 is 0 Å². The molecule has 1 aliphatic rings. The first-order valence-electron chi connectivity index (χ1n) is 14.8. The Bertz CT molecular complexity index is 1320. The molecule has 4 aromatic carbocycles. The summed E-state index contributed by atoms with van der Waals surface area (Å²) in [6.07, 6.45) is 4.49. The van der Waals surface area contributed by atoms with Gasteiger partial charge in [0.2, 0.25) is 0 Å². The minimum absolute atomic E-state index is 0.0269. The van der Waals surface area contributed by atoms with E-state index in [2.05, 4.69) is 126 Å².